The summed E-state index contributed by atoms with van der Waals surface area (Å²) >= 11 is 0. The molecule has 3 nitrogen and oxygen atoms in total. The molecule has 0 aromatic carbocycles. The average Bonchev–Trinajstić information content (AvgIpc) is 3.05. The van der Waals surface area contributed by atoms with Crippen LogP contribution in [0.5, 0.6) is 0 Å². The number of esters is 1. The van der Waals surface area contributed by atoms with Crippen molar-refractivity contribution in [1.29, 1.82) is 0 Å². The van der Waals surface area contributed by atoms with Gasteiger partial charge in [0.05, 0.1) is 5.92 Å². The summed E-state index contributed by atoms with van der Waals surface area (Å²) in [6.07, 6.45) is 8.36. The Bertz CT molecular complexity index is 334. The third-order valence-corrected chi connectivity index (χ3v) is 5.28. The van der Waals surface area contributed by atoms with Crippen molar-refractivity contribution in [3.05, 3.63) is 0 Å². The number of carbonyl (C=O) groups excluding carboxylic acids is 1. The Morgan fingerprint density at radius 3 is 2.62 bits per heavy atom. The van der Waals surface area contributed by atoms with Crippen molar-refractivity contribution < 1.29 is 9.53 Å². The third kappa shape index (κ3) is 4.98. The molecule has 0 spiro atoms. The average molecular weight is 295 g/mol. The maximum atomic E-state index is 12.4. The zero-order valence-electron chi connectivity index (χ0n) is 14.2. The van der Waals surface area contributed by atoms with E-state index in [0.717, 1.165) is 32.5 Å². The molecule has 1 aliphatic carbocycles. The minimum absolute atomic E-state index is 0.0715. The number of rotatable bonds is 7. The molecule has 0 amide bonds. The second-order valence-electron chi connectivity index (χ2n) is 7.80. The molecule has 0 bridgehead atoms. The highest BCUT2D eigenvalue weighted by Crippen LogP contribution is 2.34. The van der Waals surface area contributed by atoms with Gasteiger partial charge in [0.15, 0.2) is 0 Å². The lowest BCUT2D eigenvalue weighted by Crippen LogP contribution is -2.30. The van der Waals surface area contributed by atoms with E-state index < -0.39 is 0 Å². The fraction of sp³-hybridized carbons (Fsp3) is 0.944. The van der Waals surface area contributed by atoms with E-state index in [0.29, 0.717) is 17.9 Å². The fourth-order valence-electron chi connectivity index (χ4n) is 4.01. The minimum atomic E-state index is 0.0715. The number of hydrogen-bond donors (Lipinski definition) is 0. The van der Waals surface area contributed by atoms with Gasteiger partial charge < -0.3 is 4.74 Å². The van der Waals surface area contributed by atoms with E-state index in [1.54, 1.807) is 0 Å². The summed E-state index contributed by atoms with van der Waals surface area (Å²) < 4.78 is 5.62. The molecule has 1 aliphatic heterocycles. The molecular weight excluding hydrogens is 262 g/mol. The molecule has 21 heavy (non-hydrogen) atoms. The maximum absolute atomic E-state index is 12.4. The van der Waals surface area contributed by atoms with Gasteiger partial charge in [-0.2, -0.15) is 0 Å². The Kier molecular flexibility index (Phi) is 6.09. The first-order valence-electron chi connectivity index (χ1n) is 8.91. The summed E-state index contributed by atoms with van der Waals surface area (Å²) in [4.78, 5) is 14.8. The molecule has 2 fully saturated rings. The van der Waals surface area contributed by atoms with E-state index in [2.05, 4.69) is 25.7 Å². The van der Waals surface area contributed by atoms with Crippen LogP contribution in [0.1, 0.15) is 65.7 Å². The summed E-state index contributed by atoms with van der Waals surface area (Å²) in [6.45, 7) is 10.5. The quantitative estimate of drug-likeness (QED) is 0.668. The highest BCUT2D eigenvalue weighted by molar-refractivity contribution is 5.72. The van der Waals surface area contributed by atoms with Crippen LogP contribution in [0, 0.1) is 17.3 Å². The van der Waals surface area contributed by atoms with Crippen molar-refractivity contribution in [1.82, 2.24) is 4.90 Å². The van der Waals surface area contributed by atoms with Gasteiger partial charge in [0.25, 0.3) is 0 Å². The summed E-state index contributed by atoms with van der Waals surface area (Å²) in [7, 11) is 0. The summed E-state index contributed by atoms with van der Waals surface area (Å²) in [5.74, 6) is 0.817. The molecule has 0 radical (unpaired) electrons. The predicted octanol–water partition coefficient (Wildman–Crippen LogP) is 3.87. The van der Waals surface area contributed by atoms with Crippen LogP contribution >= 0.6 is 0 Å². The van der Waals surface area contributed by atoms with Crippen LogP contribution in [0.25, 0.3) is 0 Å². The van der Waals surface area contributed by atoms with Crippen LogP contribution in [0.15, 0.2) is 0 Å². The highest BCUT2D eigenvalue weighted by Gasteiger charge is 2.32. The summed E-state index contributed by atoms with van der Waals surface area (Å²) in [5.41, 5.74) is 0.429. The van der Waals surface area contributed by atoms with E-state index in [-0.39, 0.29) is 11.9 Å². The van der Waals surface area contributed by atoms with E-state index in [1.165, 1.54) is 32.1 Å². The largest absolute Gasteiger partial charge is 0.464 e. The van der Waals surface area contributed by atoms with Crippen LogP contribution in [-0.2, 0) is 9.53 Å². The van der Waals surface area contributed by atoms with Gasteiger partial charge in [-0.25, -0.2) is 0 Å². The molecule has 0 N–H and O–H groups in total. The molecule has 1 heterocycles. The van der Waals surface area contributed by atoms with E-state index in [9.17, 15) is 4.79 Å². The van der Waals surface area contributed by atoms with Gasteiger partial charge in [0, 0.05) is 13.1 Å². The van der Waals surface area contributed by atoms with Crippen molar-refractivity contribution in [2.75, 3.05) is 26.2 Å². The Labute approximate surface area is 130 Å². The van der Waals surface area contributed by atoms with Gasteiger partial charge in [-0.3, -0.25) is 9.69 Å². The molecule has 3 heteroatoms. The monoisotopic (exact) mass is 295 g/mol. The van der Waals surface area contributed by atoms with Gasteiger partial charge in [-0.1, -0.05) is 40.0 Å². The first-order chi connectivity index (χ1) is 10.0. The van der Waals surface area contributed by atoms with Crippen molar-refractivity contribution in [3.8, 4) is 0 Å². The lowest BCUT2D eigenvalue weighted by atomic mass is 9.87. The molecular formula is C18H33NO2. The van der Waals surface area contributed by atoms with E-state index in [4.69, 9.17) is 4.74 Å². The SMILES string of the molecule is CCCC(C(=O)OCCN1CCC(C)(C)C1)C1CCCC1. The third-order valence-electron chi connectivity index (χ3n) is 5.28. The summed E-state index contributed by atoms with van der Waals surface area (Å²) in [6, 6.07) is 0. The van der Waals surface area contributed by atoms with E-state index >= 15 is 0 Å². The van der Waals surface area contributed by atoms with Gasteiger partial charge in [-0.15, -0.1) is 0 Å². The topological polar surface area (TPSA) is 29.5 Å². The standard InChI is InChI=1S/C18H33NO2/c1-4-7-16(15-8-5-6-9-15)17(20)21-13-12-19-11-10-18(2,3)14-19/h15-16H,4-14H2,1-3H3. The number of nitrogens with zero attached hydrogens (tertiary/aromatic N) is 1. The lowest BCUT2D eigenvalue weighted by Gasteiger charge is -2.23. The van der Waals surface area contributed by atoms with Crippen molar-refractivity contribution >= 4 is 5.97 Å². The maximum Gasteiger partial charge on any atom is 0.309 e. The summed E-state index contributed by atoms with van der Waals surface area (Å²) in [5, 5.41) is 0. The Morgan fingerprint density at radius 1 is 1.33 bits per heavy atom. The first kappa shape index (κ1) is 16.8. The molecule has 1 atom stereocenters. The van der Waals surface area contributed by atoms with Crippen LogP contribution in [0.4, 0.5) is 0 Å². The Hall–Kier alpha value is -0.570. The van der Waals surface area contributed by atoms with E-state index in [1.807, 2.05) is 0 Å². The van der Waals surface area contributed by atoms with Gasteiger partial charge in [-0.05, 0) is 43.6 Å². The second kappa shape index (κ2) is 7.62. The van der Waals surface area contributed by atoms with Crippen molar-refractivity contribution in [2.45, 2.75) is 65.7 Å². The molecule has 122 valence electrons. The van der Waals surface area contributed by atoms with Gasteiger partial charge in [0.1, 0.15) is 6.61 Å². The van der Waals surface area contributed by atoms with Crippen LogP contribution in [-0.4, -0.2) is 37.1 Å². The number of hydrogen-bond acceptors (Lipinski definition) is 3. The molecule has 1 unspecified atom stereocenters. The molecule has 0 aromatic rings. The first-order valence-corrected chi connectivity index (χ1v) is 8.91. The van der Waals surface area contributed by atoms with Gasteiger partial charge >= 0.3 is 5.97 Å². The van der Waals surface area contributed by atoms with Crippen LogP contribution in [0.3, 0.4) is 0 Å². The van der Waals surface area contributed by atoms with Crippen molar-refractivity contribution in [3.63, 3.8) is 0 Å². The molecule has 1 saturated carbocycles. The normalized spacial score (nSPS) is 24.3. The number of likely N-dealkylation sites (tertiary alicyclic amines) is 1. The number of ether oxygens (including phenoxy) is 1. The lowest BCUT2D eigenvalue weighted by molar-refractivity contribution is -0.151. The van der Waals surface area contributed by atoms with Gasteiger partial charge in [0.2, 0.25) is 0 Å². The predicted molar refractivity (Wildman–Crippen MR) is 86.2 cm³/mol. The molecule has 0 aromatic heterocycles. The Balaban J connectivity index is 1.72. The highest BCUT2D eigenvalue weighted by atomic mass is 16.5. The zero-order chi connectivity index (χ0) is 15.3. The smallest absolute Gasteiger partial charge is 0.309 e. The number of carbonyl (C=O) groups is 1. The molecule has 2 aliphatic rings. The zero-order valence-corrected chi connectivity index (χ0v) is 14.2. The molecule has 2 rings (SSSR count). The van der Waals surface area contributed by atoms with Crippen LogP contribution < -0.4 is 0 Å². The Morgan fingerprint density at radius 2 is 2.05 bits per heavy atom. The van der Waals surface area contributed by atoms with Crippen LogP contribution in [0.2, 0.25) is 0 Å². The fourth-order valence-corrected chi connectivity index (χ4v) is 4.01. The van der Waals surface area contributed by atoms with Crippen molar-refractivity contribution in [2.24, 2.45) is 17.3 Å². The minimum Gasteiger partial charge on any atom is -0.464 e. The second-order valence-corrected chi connectivity index (χ2v) is 7.80. The molecule has 1 saturated heterocycles.